The van der Waals surface area contributed by atoms with Crippen LogP contribution in [0.15, 0.2) is 28.7 Å². The highest BCUT2D eigenvalue weighted by molar-refractivity contribution is 5.28. The summed E-state index contributed by atoms with van der Waals surface area (Å²) in [6.07, 6.45) is 0.386. The van der Waals surface area contributed by atoms with Crippen LogP contribution < -0.4 is 5.32 Å². The van der Waals surface area contributed by atoms with Crippen LogP contribution >= 0.6 is 0 Å². The van der Waals surface area contributed by atoms with Gasteiger partial charge in [-0.15, -0.1) is 0 Å². The molecule has 0 fully saturated rings. The Balaban J connectivity index is 2.30. The van der Waals surface area contributed by atoms with Gasteiger partial charge < -0.3 is 9.73 Å². The van der Waals surface area contributed by atoms with E-state index < -0.39 is 5.82 Å². The molecule has 108 valence electrons. The molecule has 0 saturated carbocycles. The number of rotatable bonds is 5. The van der Waals surface area contributed by atoms with E-state index in [9.17, 15) is 8.78 Å². The van der Waals surface area contributed by atoms with Crippen molar-refractivity contribution in [2.75, 3.05) is 6.54 Å². The average Bonchev–Trinajstić information content (AvgIpc) is 2.72. The second-order valence-corrected chi connectivity index (χ2v) is 4.92. The van der Waals surface area contributed by atoms with Crippen LogP contribution in [0.1, 0.15) is 35.6 Å². The van der Waals surface area contributed by atoms with E-state index in [-0.39, 0.29) is 11.9 Å². The van der Waals surface area contributed by atoms with Crippen LogP contribution in [-0.4, -0.2) is 6.54 Å². The lowest BCUT2D eigenvalue weighted by Gasteiger charge is -2.18. The molecule has 2 aromatic rings. The van der Waals surface area contributed by atoms with Crippen LogP contribution in [0.2, 0.25) is 0 Å². The van der Waals surface area contributed by atoms with E-state index in [2.05, 4.69) is 5.32 Å². The lowest BCUT2D eigenvalue weighted by Crippen LogP contribution is -2.23. The number of furan rings is 1. The molecule has 1 atom stereocenters. The second kappa shape index (κ2) is 6.18. The number of nitrogens with one attached hydrogen (secondary N) is 1. The van der Waals surface area contributed by atoms with Crippen molar-refractivity contribution in [3.05, 3.63) is 58.5 Å². The first-order chi connectivity index (χ1) is 9.51. The van der Waals surface area contributed by atoms with Crippen LogP contribution in [0.5, 0.6) is 0 Å². The van der Waals surface area contributed by atoms with Gasteiger partial charge in [-0.25, -0.2) is 8.78 Å². The van der Waals surface area contributed by atoms with Gasteiger partial charge >= 0.3 is 0 Å². The highest BCUT2D eigenvalue weighted by atomic mass is 19.1. The molecular weight excluding hydrogens is 260 g/mol. The van der Waals surface area contributed by atoms with Gasteiger partial charge in [0.2, 0.25) is 0 Å². The van der Waals surface area contributed by atoms with Gasteiger partial charge in [0.15, 0.2) is 0 Å². The summed E-state index contributed by atoms with van der Waals surface area (Å²) in [5, 5.41) is 3.30. The Morgan fingerprint density at radius 3 is 2.55 bits per heavy atom. The molecule has 0 aliphatic rings. The van der Waals surface area contributed by atoms with E-state index in [1.165, 1.54) is 12.1 Å². The quantitative estimate of drug-likeness (QED) is 0.892. The van der Waals surface area contributed by atoms with Gasteiger partial charge in [0, 0.05) is 11.6 Å². The van der Waals surface area contributed by atoms with Crippen molar-refractivity contribution in [3.8, 4) is 0 Å². The molecule has 0 amide bonds. The molecule has 20 heavy (non-hydrogen) atoms. The van der Waals surface area contributed by atoms with Crippen molar-refractivity contribution in [2.45, 2.75) is 33.2 Å². The fraction of sp³-hybridized carbons (Fsp3) is 0.375. The standard InChI is InChI=1S/C16H19F2NO/c1-4-19-16(14-7-10(2)20-11(14)3)9-12-8-13(17)5-6-15(12)18/h5-8,16,19H,4,9H2,1-3H3. The SMILES string of the molecule is CCNC(Cc1cc(F)ccc1F)c1cc(C)oc1C. The van der Waals surface area contributed by atoms with Crippen LogP contribution in [-0.2, 0) is 6.42 Å². The van der Waals surface area contributed by atoms with E-state index >= 15 is 0 Å². The van der Waals surface area contributed by atoms with E-state index in [1.54, 1.807) is 0 Å². The smallest absolute Gasteiger partial charge is 0.126 e. The fourth-order valence-electron chi connectivity index (χ4n) is 2.45. The Bertz CT molecular complexity index is 592. The van der Waals surface area contributed by atoms with Crippen molar-refractivity contribution < 1.29 is 13.2 Å². The van der Waals surface area contributed by atoms with E-state index in [4.69, 9.17) is 4.42 Å². The third-order valence-electron chi connectivity index (χ3n) is 3.34. The van der Waals surface area contributed by atoms with Crippen molar-refractivity contribution in [2.24, 2.45) is 0 Å². The molecule has 1 aromatic carbocycles. The predicted molar refractivity (Wildman–Crippen MR) is 74.7 cm³/mol. The molecule has 1 aromatic heterocycles. The van der Waals surface area contributed by atoms with E-state index in [0.29, 0.717) is 12.0 Å². The third-order valence-corrected chi connectivity index (χ3v) is 3.34. The molecule has 0 bridgehead atoms. The van der Waals surface area contributed by atoms with Crippen LogP contribution in [0.25, 0.3) is 0 Å². The molecule has 0 radical (unpaired) electrons. The largest absolute Gasteiger partial charge is 0.466 e. The summed E-state index contributed by atoms with van der Waals surface area (Å²) in [6, 6.07) is 5.41. The molecule has 1 unspecified atom stereocenters. The molecule has 2 rings (SSSR count). The lowest BCUT2D eigenvalue weighted by atomic mass is 9.98. The molecule has 0 aliphatic carbocycles. The lowest BCUT2D eigenvalue weighted by molar-refractivity contribution is 0.480. The van der Waals surface area contributed by atoms with Gasteiger partial charge in [-0.1, -0.05) is 6.92 Å². The molecule has 1 N–H and O–H groups in total. The van der Waals surface area contributed by atoms with Gasteiger partial charge in [-0.3, -0.25) is 0 Å². The average molecular weight is 279 g/mol. The Morgan fingerprint density at radius 1 is 1.20 bits per heavy atom. The Kier molecular flexibility index (Phi) is 4.55. The summed E-state index contributed by atoms with van der Waals surface area (Å²) in [4.78, 5) is 0. The number of hydrogen-bond acceptors (Lipinski definition) is 2. The predicted octanol–water partition coefficient (Wildman–Crippen LogP) is 4.07. The number of likely N-dealkylation sites (N-methyl/N-ethyl adjacent to an activating group) is 1. The van der Waals surface area contributed by atoms with Gasteiger partial charge in [0.25, 0.3) is 0 Å². The second-order valence-electron chi connectivity index (χ2n) is 4.92. The Morgan fingerprint density at radius 2 is 1.95 bits per heavy atom. The summed E-state index contributed by atoms with van der Waals surface area (Å²) in [7, 11) is 0. The van der Waals surface area contributed by atoms with Crippen molar-refractivity contribution in [3.63, 3.8) is 0 Å². The maximum atomic E-state index is 13.8. The first-order valence-corrected chi connectivity index (χ1v) is 6.75. The minimum atomic E-state index is -0.420. The van der Waals surface area contributed by atoms with Crippen molar-refractivity contribution in [1.82, 2.24) is 5.32 Å². The topological polar surface area (TPSA) is 25.2 Å². The van der Waals surface area contributed by atoms with E-state index in [1.807, 2.05) is 26.8 Å². The number of hydrogen-bond donors (Lipinski definition) is 1. The molecule has 1 heterocycles. The summed E-state index contributed by atoms with van der Waals surface area (Å²) in [6.45, 7) is 6.49. The van der Waals surface area contributed by atoms with Crippen molar-refractivity contribution in [1.29, 1.82) is 0 Å². The Hall–Kier alpha value is -1.68. The number of halogens is 2. The number of aryl methyl sites for hydroxylation is 2. The number of benzene rings is 1. The zero-order valence-electron chi connectivity index (χ0n) is 12.0. The third kappa shape index (κ3) is 3.25. The molecule has 2 nitrogen and oxygen atoms in total. The molecular formula is C16H19F2NO. The molecule has 0 spiro atoms. The zero-order chi connectivity index (χ0) is 14.7. The van der Waals surface area contributed by atoms with Gasteiger partial charge in [-0.05, 0) is 56.6 Å². The molecule has 0 aliphatic heterocycles. The summed E-state index contributed by atoms with van der Waals surface area (Å²) in [5.41, 5.74) is 1.36. The maximum Gasteiger partial charge on any atom is 0.126 e. The van der Waals surface area contributed by atoms with Gasteiger partial charge in [0.1, 0.15) is 23.2 Å². The van der Waals surface area contributed by atoms with Crippen LogP contribution in [0.3, 0.4) is 0 Å². The maximum absolute atomic E-state index is 13.8. The van der Waals surface area contributed by atoms with Crippen LogP contribution in [0, 0.1) is 25.5 Å². The van der Waals surface area contributed by atoms with Gasteiger partial charge in [-0.2, -0.15) is 0 Å². The summed E-state index contributed by atoms with van der Waals surface area (Å²) in [5.74, 6) is 0.828. The Labute approximate surface area is 117 Å². The van der Waals surface area contributed by atoms with Gasteiger partial charge in [0.05, 0.1) is 0 Å². The molecule has 0 saturated heterocycles. The fourth-order valence-corrected chi connectivity index (χ4v) is 2.45. The van der Waals surface area contributed by atoms with Crippen LogP contribution in [0.4, 0.5) is 8.78 Å². The monoisotopic (exact) mass is 279 g/mol. The minimum Gasteiger partial charge on any atom is -0.466 e. The highest BCUT2D eigenvalue weighted by Gasteiger charge is 2.18. The first-order valence-electron chi connectivity index (χ1n) is 6.75. The summed E-state index contributed by atoms with van der Waals surface area (Å²) >= 11 is 0. The minimum absolute atomic E-state index is 0.0891. The first kappa shape index (κ1) is 14.7. The normalized spacial score (nSPS) is 12.7. The zero-order valence-corrected chi connectivity index (χ0v) is 12.0. The van der Waals surface area contributed by atoms with E-state index in [0.717, 1.165) is 29.7 Å². The molecule has 4 heteroatoms. The highest BCUT2D eigenvalue weighted by Crippen LogP contribution is 2.26. The van der Waals surface area contributed by atoms with Crippen molar-refractivity contribution >= 4 is 0 Å². The summed E-state index contributed by atoms with van der Waals surface area (Å²) < 4.78 is 32.6.